The average molecular weight is 357 g/mol. The molecule has 0 unspecified atom stereocenters. The fourth-order valence-electron chi connectivity index (χ4n) is 1.99. The largest absolute Gasteiger partial charge is 0.479 e. The van der Waals surface area contributed by atoms with Gasteiger partial charge in [0, 0.05) is 5.38 Å². The highest BCUT2D eigenvalue weighted by atomic mass is 32.1. The van der Waals surface area contributed by atoms with Gasteiger partial charge < -0.3 is 21.0 Å². The van der Waals surface area contributed by atoms with Crippen molar-refractivity contribution in [1.29, 1.82) is 0 Å². The van der Waals surface area contributed by atoms with E-state index in [1.165, 1.54) is 12.5 Å². The third kappa shape index (κ3) is 3.60. The van der Waals surface area contributed by atoms with Crippen LogP contribution in [0.2, 0.25) is 0 Å². The summed E-state index contributed by atoms with van der Waals surface area (Å²) in [6.07, 6.45) is 0. The number of thiazole rings is 1. The predicted octanol–water partition coefficient (Wildman–Crippen LogP) is -1.19. The number of hydroxylamine groups is 2. The molecule has 0 aliphatic carbocycles. The van der Waals surface area contributed by atoms with Gasteiger partial charge >= 0.3 is 5.97 Å². The number of β-lactam (4-membered cyclic amide) rings is 1. The number of nitrogens with zero attached hydrogens (tertiary/aromatic N) is 3. The van der Waals surface area contributed by atoms with Crippen LogP contribution < -0.4 is 11.1 Å². The number of carbonyl (C=O) groups excluding carboxylic acids is 2. The van der Waals surface area contributed by atoms with Crippen LogP contribution in [0.25, 0.3) is 0 Å². The van der Waals surface area contributed by atoms with E-state index in [4.69, 9.17) is 15.7 Å². The smallest absolute Gasteiger partial charge is 0.332 e. The second kappa shape index (κ2) is 7.23. The van der Waals surface area contributed by atoms with Crippen LogP contribution in [-0.4, -0.2) is 64.4 Å². The van der Waals surface area contributed by atoms with Crippen molar-refractivity contribution >= 4 is 40.0 Å². The van der Waals surface area contributed by atoms with Crippen molar-refractivity contribution in [1.82, 2.24) is 15.4 Å². The van der Waals surface area contributed by atoms with Crippen molar-refractivity contribution in [2.75, 3.05) is 19.5 Å². The number of nitrogens with two attached hydrogens (primary N) is 1. The van der Waals surface area contributed by atoms with Gasteiger partial charge in [0.1, 0.15) is 18.8 Å². The van der Waals surface area contributed by atoms with Crippen LogP contribution in [0, 0.1) is 0 Å². The van der Waals surface area contributed by atoms with Gasteiger partial charge in [-0.3, -0.25) is 14.4 Å². The number of nitrogen functional groups attached to an aromatic ring is 1. The van der Waals surface area contributed by atoms with E-state index in [1.807, 2.05) is 0 Å². The Morgan fingerprint density at radius 1 is 1.58 bits per heavy atom. The predicted molar refractivity (Wildman–Crippen MR) is 81.9 cm³/mol. The number of nitrogens with one attached hydrogen (secondary N) is 1. The molecule has 0 saturated carbocycles. The van der Waals surface area contributed by atoms with Crippen LogP contribution in [0.15, 0.2) is 10.5 Å². The van der Waals surface area contributed by atoms with Gasteiger partial charge in [-0.1, -0.05) is 5.16 Å². The molecule has 1 aliphatic rings. The zero-order valence-electron chi connectivity index (χ0n) is 12.8. The van der Waals surface area contributed by atoms with Crippen molar-refractivity contribution in [2.24, 2.45) is 5.16 Å². The topological polar surface area (TPSA) is 156 Å². The number of anilines is 1. The molecule has 2 atom stereocenters. The lowest BCUT2D eigenvalue weighted by atomic mass is 10.00. The maximum Gasteiger partial charge on any atom is 0.332 e. The summed E-state index contributed by atoms with van der Waals surface area (Å²) >= 11 is 1.12. The summed E-state index contributed by atoms with van der Waals surface area (Å²) in [7, 11) is 1.27. The normalized spacial score (nSPS) is 20.5. The van der Waals surface area contributed by atoms with Gasteiger partial charge in [-0.25, -0.2) is 14.8 Å². The Hall–Kier alpha value is -2.73. The Balaban J connectivity index is 2.02. The Morgan fingerprint density at radius 3 is 2.79 bits per heavy atom. The number of hydrogen-bond acceptors (Lipinski definition) is 9. The van der Waals surface area contributed by atoms with Crippen LogP contribution in [0.3, 0.4) is 0 Å². The summed E-state index contributed by atoms with van der Waals surface area (Å²) in [6, 6.07) is -1.41. The van der Waals surface area contributed by atoms with Gasteiger partial charge in [0.05, 0.1) is 6.04 Å². The van der Waals surface area contributed by atoms with Gasteiger partial charge in [-0.2, -0.15) is 0 Å². The molecule has 2 amide bonds. The van der Waals surface area contributed by atoms with E-state index in [1.54, 1.807) is 6.92 Å². The van der Waals surface area contributed by atoms with Crippen molar-refractivity contribution < 1.29 is 29.2 Å². The monoisotopic (exact) mass is 357 g/mol. The second-order valence-corrected chi connectivity index (χ2v) is 5.61. The highest BCUT2D eigenvalue weighted by Gasteiger charge is 2.47. The highest BCUT2D eigenvalue weighted by Crippen LogP contribution is 2.20. The molecule has 1 fully saturated rings. The van der Waals surface area contributed by atoms with Crippen LogP contribution >= 0.6 is 11.3 Å². The van der Waals surface area contributed by atoms with E-state index in [2.05, 4.69) is 20.3 Å². The number of oxime groups is 1. The number of carbonyl (C=O) groups is 3. The fraction of sp³-hybridized carbons (Fsp3) is 0.417. The van der Waals surface area contributed by atoms with Crippen molar-refractivity contribution in [3.05, 3.63) is 11.1 Å². The van der Waals surface area contributed by atoms with Gasteiger partial charge in [-0.05, 0) is 6.92 Å². The number of aliphatic carboxylic acids is 1. The highest BCUT2D eigenvalue weighted by molar-refractivity contribution is 7.13. The molecule has 12 heteroatoms. The van der Waals surface area contributed by atoms with Gasteiger partial charge in [0.2, 0.25) is 0 Å². The first-order valence-electron chi connectivity index (χ1n) is 6.66. The summed E-state index contributed by atoms with van der Waals surface area (Å²) in [5.41, 5.74) is 5.61. The summed E-state index contributed by atoms with van der Waals surface area (Å²) in [5.74, 6) is -2.45. The summed E-state index contributed by atoms with van der Waals surface area (Å²) in [5, 5.41) is 17.3. The van der Waals surface area contributed by atoms with Crippen LogP contribution in [-0.2, 0) is 24.1 Å². The molecule has 0 bridgehead atoms. The van der Waals surface area contributed by atoms with Gasteiger partial charge in [-0.15, -0.1) is 11.3 Å². The Kier molecular flexibility index (Phi) is 5.31. The Bertz CT molecular complexity index is 689. The number of amides is 2. The zero-order chi connectivity index (χ0) is 17.9. The van der Waals surface area contributed by atoms with Crippen LogP contribution in [0.4, 0.5) is 5.13 Å². The van der Waals surface area contributed by atoms with Crippen molar-refractivity contribution in [2.45, 2.75) is 19.0 Å². The Morgan fingerprint density at radius 2 is 2.29 bits per heavy atom. The molecule has 2 rings (SSSR count). The van der Waals surface area contributed by atoms with E-state index in [0.29, 0.717) is 0 Å². The number of carboxylic acid groups (broad SMARTS) is 1. The molecule has 24 heavy (non-hydrogen) atoms. The maximum absolute atomic E-state index is 12.3. The van der Waals surface area contributed by atoms with Crippen molar-refractivity contribution in [3.8, 4) is 0 Å². The molecule has 1 aliphatic heterocycles. The molecular weight excluding hydrogens is 342 g/mol. The molecule has 130 valence electrons. The van der Waals surface area contributed by atoms with E-state index >= 15 is 0 Å². The minimum absolute atomic E-state index is 0.129. The third-order valence-corrected chi connectivity index (χ3v) is 3.79. The minimum Gasteiger partial charge on any atom is -0.479 e. The van der Waals surface area contributed by atoms with Crippen LogP contribution in [0.1, 0.15) is 12.6 Å². The first kappa shape index (κ1) is 17.6. The molecule has 0 radical (unpaired) electrons. The van der Waals surface area contributed by atoms with E-state index in [0.717, 1.165) is 16.4 Å². The fourth-order valence-corrected chi connectivity index (χ4v) is 2.54. The number of hydrogen-bond donors (Lipinski definition) is 3. The molecule has 2 heterocycles. The number of carboxylic acids is 1. The molecule has 1 aromatic rings. The lowest BCUT2D eigenvalue weighted by Gasteiger charge is -2.43. The van der Waals surface area contributed by atoms with E-state index in [-0.39, 0.29) is 16.5 Å². The minimum atomic E-state index is -1.21. The van der Waals surface area contributed by atoms with E-state index < -0.39 is 36.5 Å². The van der Waals surface area contributed by atoms with Crippen molar-refractivity contribution in [3.63, 3.8) is 0 Å². The zero-order valence-corrected chi connectivity index (χ0v) is 13.6. The molecule has 11 nitrogen and oxygen atoms in total. The molecule has 1 saturated heterocycles. The quantitative estimate of drug-likeness (QED) is 0.312. The van der Waals surface area contributed by atoms with E-state index in [9.17, 15) is 14.4 Å². The van der Waals surface area contributed by atoms with Gasteiger partial charge in [0.15, 0.2) is 17.5 Å². The lowest BCUT2D eigenvalue weighted by Crippen LogP contribution is -2.70. The average Bonchev–Trinajstić information content (AvgIpc) is 2.96. The molecule has 0 spiro atoms. The first-order valence-corrected chi connectivity index (χ1v) is 7.54. The molecule has 0 aromatic carbocycles. The maximum atomic E-state index is 12.3. The Labute approximate surface area is 140 Å². The van der Waals surface area contributed by atoms with Gasteiger partial charge in [0.25, 0.3) is 11.8 Å². The molecule has 1 aromatic heterocycles. The molecular formula is C12H15N5O6S. The number of rotatable bonds is 7. The lowest BCUT2D eigenvalue weighted by molar-refractivity contribution is -0.233. The summed E-state index contributed by atoms with van der Waals surface area (Å²) < 4.78 is 0. The SMILES string of the molecule is CO/N=C(\C(=O)N[C@@H]1C(=O)N(OCC(=O)O)[C@H]1C)c1csc(N)n1. The standard InChI is InChI=1S/C12H15N5O6S/c1-5-8(11(21)17(5)23-3-7(18)19)15-10(20)9(16-22-2)6-4-24-12(13)14-6/h4-5,8H,3H2,1-2H3,(H2,13,14)(H,15,20)(H,18,19)/b16-9-/t5-,8-/m0/s1. The summed E-state index contributed by atoms with van der Waals surface area (Å²) in [4.78, 5) is 48.1. The molecule has 4 N–H and O–H groups in total. The first-order chi connectivity index (χ1) is 11.3. The summed E-state index contributed by atoms with van der Waals surface area (Å²) in [6.45, 7) is 0.952. The second-order valence-electron chi connectivity index (χ2n) is 4.72. The third-order valence-electron chi connectivity index (χ3n) is 3.11. The van der Waals surface area contributed by atoms with Crippen LogP contribution in [0.5, 0.6) is 0 Å². The number of aromatic nitrogens is 1.